The second-order valence-corrected chi connectivity index (χ2v) is 6.99. The number of ether oxygens (including phenoxy) is 1. The van der Waals surface area contributed by atoms with Crippen LogP contribution in [-0.4, -0.2) is 20.3 Å². The maximum atomic E-state index is 13.0. The van der Waals surface area contributed by atoms with E-state index in [1.807, 2.05) is 0 Å². The first-order valence-electron chi connectivity index (χ1n) is 7.44. The van der Waals surface area contributed by atoms with Gasteiger partial charge in [-0.3, -0.25) is 9.20 Å². The minimum atomic E-state index is -0.609. The van der Waals surface area contributed by atoms with E-state index in [1.54, 1.807) is 29.1 Å². The van der Waals surface area contributed by atoms with Gasteiger partial charge in [-0.2, -0.15) is 0 Å². The molecule has 3 aromatic heterocycles. The van der Waals surface area contributed by atoms with E-state index in [0.29, 0.717) is 21.2 Å². The van der Waals surface area contributed by atoms with E-state index in [1.165, 1.54) is 45.3 Å². The van der Waals surface area contributed by atoms with Crippen molar-refractivity contribution in [3.05, 3.63) is 74.8 Å². The topological polar surface area (TPSA) is 73.6 Å². The van der Waals surface area contributed by atoms with Crippen molar-refractivity contribution in [1.82, 2.24) is 14.4 Å². The van der Waals surface area contributed by atoms with Gasteiger partial charge in [0, 0.05) is 28.6 Å². The van der Waals surface area contributed by atoms with Crippen LogP contribution >= 0.6 is 22.7 Å². The lowest BCUT2D eigenvalue weighted by atomic mass is 10.2. The largest absolute Gasteiger partial charge is 0.454 e. The molecule has 0 fully saturated rings. The molecule has 0 atom stereocenters. The number of rotatable bonds is 4. The van der Waals surface area contributed by atoms with Crippen molar-refractivity contribution in [3.8, 4) is 10.6 Å². The van der Waals surface area contributed by atoms with Gasteiger partial charge < -0.3 is 4.74 Å². The molecule has 0 radical (unpaired) electrons. The lowest BCUT2D eigenvalue weighted by Gasteiger charge is -2.02. The molecule has 0 unspecified atom stereocenters. The number of esters is 1. The van der Waals surface area contributed by atoms with Gasteiger partial charge in [0.1, 0.15) is 17.4 Å². The van der Waals surface area contributed by atoms with Crippen LogP contribution in [-0.2, 0) is 11.3 Å². The van der Waals surface area contributed by atoms with Crippen LogP contribution in [0.15, 0.2) is 52.1 Å². The Balaban J connectivity index is 1.48. The normalized spacial score (nSPS) is 11.0. The molecule has 1 aromatic carbocycles. The maximum Gasteiger partial charge on any atom is 0.358 e. The van der Waals surface area contributed by atoms with E-state index >= 15 is 0 Å². The smallest absolute Gasteiger partial charge is 0.358 e. The molecule has 0 N–H and O–H groups in total. The first-order valence-corrected chi connectivity index (χ1v) is 9.20. The zero-order valence-corrected chi connectivity index (χ0v) is 14.7. The predicted molar refractivity (Wildman–Crippen MR) is 96.0 cm³/mol. The Kier molecular flexibility index (Phi) is 4.31. The molecule has 4 aromatic rings. The van der Waals surface area contributed by atoms with Crippen molar-refractivity contribution in [1.29, 1.82) is 0 Å². The number of halogens is 1. The zero-order valence-electron chi connectivity index (χ0n) is 13.1. The molecule has 0 aliphatic heterocycles. The number of hydrogen-bond acceptors (Lipinski definition) is 7. The van der Waals surface area contributed by atoms with E-state index in [2.05, 4.69) is 9.97 Å². The molecule has 0 saturated heterocycles. The van der Waals surface area contributed by atoms with Crippen molar-refractivity contribution in [2.75, 3.05) is 0 Å². The van der Waals surface area contributed by atoms with Crippen LogP contribution in [0.3, 0.4) is 0 Å². The van der Waals surface area contributed by atoms with E-state index in [0.717, 1.165) is 0 Å². The summed E-state index contributed by atoms with van der Waals surface area (Å²) >= 11 is 2.58. The van der Waals surface area contributed by atoms with Crippen molar-refractivity contribution in [2.45, 2.75) is 6.61 Å². The third kappa shape index (κ3) is 3.26. The number of carbonyl (C=O) groups is 1. The minimum Gasteiger partial charge on any atom is -0.454 e. The van der Waals surface area contributed by atoms with Gasteiger partial charge in [-0.05, 0) is 24.3 Å². The summed E-state index contributed by atoms with van der Waals surface area (Å²) in [4.78, 5) is 33.1. The summed E-state index contributed by atoms with van der Waals surface area (Å²) < 4.78 is 19.6. The van der Waals surface area contributed by atoms with Gasteiger partial charge in [0.25, 0.3) is 5.56 Å². The number of aromatic nitrogens is 3. The number of benzene rings is 1. The Labute approximate surface area is 154 Å². The first kappa shape index (κ1) is 16.6. The fraction of sp³-hybridized carbons (Fsp3) is 0.0588. The summed E-state index contributed by atoms with van der Waals surface area (Å²) in [6.07, 6.45) is 1.64. The zero-order chi connectivity index (χ0) is 18.1. The fourth-order valence-corrected chi connectivity index (χ4v) is 3.80. The molecule has 4 rings (SSSR count). The first-order chi connectivity index (χ1) is 12.6. The fourth-order valence-electron chi connectivity index (χ4n) is 2.27. The Morgan fingerprint density at radius 3 is 2.81 bits per heavy atom. The Morgan fingerprint density at radius 2 is 2.00 bits per heavy atom. The number of hydrogen-bond donors (Lipinski definition) is 0. The predicted octanol–water partition coefficient (Wildman–Crippen LogP) is 3.38. The van der Waals surface area contributed by atoms with Crippen LogP contribution in [0.5, 0.6) is 0 Å². The van der Waals surface area contributed by atoms with Crippen molar-refractivity contribution in [3.63, 3.8) is 0 Å². The number of nitrogens with zero attached hydrogens (tertiary/aromatic N) is 3. The highest BCUT2D eigenvalue weighted by atomic mass is 32.1. The van der Waals surface area contributed by atoms with Crippen molar-refractivity contribution < 1.29 is 13.9 Å². The van der Waals surface area contributed by atoms with Crippen LogP contribution in [0.1, 0.15) is 16.2 Å². The van der Waals surface area contributed by atoms with Crippen LogP contribution in [0.2, 0.25) is 0 Å². The van der Waals surface area contributed by atoms with Gasteiger partial charge in [0.2, 0.25) is 0 Å². The second-order valence-electron chi connectivity index (χ2n) is 5.26. The second kappa shape index (κ2) is 6.77. The monoisotopic (exact) mass is 387 g/mol. The quantitative estimate of drug-likeness (QED) is 0.502. The summed E-state index contributed by atoms with van der Waals surface area (Å²) in [6.45, 7) is -0.119. The molecule has 0 bridgehead atoms. The molecule has 0 aliphatic rings. The molecule has 3 heterocycles. The summed E-state index contributed by atoms with van der Waals surface area (Å²) in [5.74, 6) is -0.946. The highest BCUT2D eigenvalue weighted by molar-refractivity contribution is 7.15. The highest BCUT2D eigenvalue weighted by Crippen LogP contribution is 2.24. The standard InChI is InChI=1S/C17H10FN3O3S2/c18-11-3-1-10(2-4-11)15-20-13(9-26-15)16(23)24-8-12-7-14(22)21-5-6-25-17(21)19-12/h1-7,9H,8H2. The van der Waals surface area contributed by atoms with E-state index in [-0.39, 0.29) is 23.7 Å². The SMILES string of the molecule is O=C(OCc1cc(=O)n2ccsc2n1)c1csc(-c2ccc(F)cc2)n1. The molecule has 26 heavy (non-hydrogen) atoms. The molecule has 6 nitrogen and oxygen atoms in total. The van der Waals surface area contributed by atoms with Gasteiger partial charge >= 0.3 is 5.97 Å². The molecular formula is C17H10FN3O3S2. The van der Waals surface area contributed by atoms with Crippen molar-refractivity contribution >= 4 is 33.6 Å². The van der Waals surface area contributed by atoms with Crippen LogP contribution in [0.4, 0.5) is 4.39 Å². The van der Waals surface area contributed by atoms with Gasteiger partial charge in [-0.15, -0.1) is 22.7 Å². The summed E-state index contributed by atoms with van der Waals surface area (Å²) in [5.41, 5.74) is 1.02. The van der Waals surface area contributed by atoms with Gasteiger partial charge in [0.05, 0.1) is 5.69 Å². The molecule has 130 valence electrons. The third-order valence-electron chi connectivity index (χ3n) is 3.51. The summed E-state index contributed by atoms with van der Waals surface area (Å²) in [6, 6.07) is 7.19. The Bertz CT molecular complexity index is 1150. The number of thiazole rings is 2. The van der Waals surface area contributed by atoms with E-state index < -0.39 is 5.97 Å². The minimum absolute atomic E-state index is 0.119. The molecule has 9 heteroatoms. The lowest BCUT2D eigenvalue weighted by molar-refractivity contribution is 0.0462. The maximum absolute atomic E-state index is 13.0. The highest BCUT2D eigenvalue weighted by Gasteiger charge is 2.14. The van der Waals surface area contributed by atoms with Gasteiger partial charge in [0.15, 0.2) is 10.7 Å². The summed E-state index contributed by atoms with van der Waals surface area (Å²) in [5, 5.41) is 3.92. The van der Waals surface area contributed by atoms with Crippen LogP contribution in [0.25, 0.3) is 15.5 Å². The van der Waals surface area contributed by atoms with Crippen LogP contribution < -0.4 is 5.56 Å². The van der Waals surface area contributed by atoms with Gasteiger partial charge in [-0.25, -0.2) is 19.2 Å². The Hall–Kier alpha value is -2.91. The van der Waals surface area contributed by atoms with Gasteiger partial charge in [-0.1, -0.05) is 0 Å². The third-order valence-corrected chi connectivity index (χ3v) is 5.16. The lowest BCUT2D eigenvalue weighted by Crippen LogP contribution is -2.14. The average Bonchev–Trinajstić information content (AvgIpc) is 3.30. The van der Waals surface area contributed by atoms with E-state index in [9.17, 15) is 14.0 Å². The summed E-state index contributed by atoms with van der Waals surface area (Å²) in [7, 11) is 0. The Morgan fingerprint density at radius 1 is 1.19 bits per heavy atom. The van der Waals surface area contributed by atoms with E-state index in [4.69, 9.17) is 4.74 Å². The number of carbonyl (C=O) groups excluding carboxylic acids is 1. The molecule has 0 amide bonds. The number of fused-ring (bicyclic) bond motifs is 1. The van der Waals surface area contributed by atoms with Crippen molar-refractivity contribution in [2.24, 2.45) is 0 Å². The molecule has 0 saturated carbocycles. The molecule has 0 spiro atoms. The molecular weight excluding hydrogens is 377 g/mol. The van der Waals surface area contributed by atoms with Crippen LogP contribution in [0, 0.1) is 5.82 Å². The average molecular weight is 387 g/mol. The molecule has 0 aliphatic carbocycles.